The Kier molecular flexibility index (Phi) is 6.28. The van der Waals surface area contributed by atoms with Crippen molar-refractivity contribution in [2.45, 2.75) is 19.9 Å². The van der Waals surface area contributed by atoms with Crippen molar-refractivity contribution in [2.24, 2.45) is 11.1 Å². The number of nitrogens with two attached hydrogens (primary N) is 1. The molecular formula is C12H17BrClNO4. The van der Waals surface area contributed by atoms with Gasteiger partial charge < -0.3 is 21.1 Å². The summed E-state index contributed by atoms with van der Waals surface area (Å²) in [7, 11) is 0. The lowest BCUT2D eigenvalue weighted by molar-refractivity contribution is 0.0693. The third-order valence-corrected chi connectivity index (χ3v) is 3.38. The van der Waals surface area contributed by atoms with E-state index in [0.717, 1.165) is 0 Å². The van der Waals surface area contributed by atoms with Crippen LogP contribution < -0.4 is 5.73 Å². The van der Waals surface area contributed by atoms with Crippen molar-refractivity contribution in [1.29, 1.82) is 0 Å². The highest BCUT2D eigenvalue weighted by molar-refractivity contribution is 9.10. The van der Waals surface area contributed by atoms with Gasteiger partial charge in [0.2, 0.25) is 0 Å². The molecule has 0 saturated carbocycles. The largest absolute Gasteiger partial charge is 0.507 e. The first-order chi connectivity index (χ1) is 8.20. The number of aliphatic hydroxyl groups is 1. The molecule has 108 valence electrons. The van der Waals surface area contributed by atoms with Gasteiger partial charge in [-0.05, 0) is 12.1 Å². The minimum absolute atomic E-state index is 0. The van der Waals surface area contributed by atoms with E-state index in [1.165, 1.54) is 6.07 Å². The van der Waals surface area contributed by atoms with Crippen LogP contribution in [0.25, 0.3) is 0 Å². The monoisotopic (exact) mass is 353 g/mol. The molecule has 0 fully saturated rings. The van der Waals surface area contributed by atoms with Crippen LogP contribution in [0.5, 0.6) is 5.75 Å². The summed E-state index contributed by atoms with van der Waals surface area (Å²) in [6.07, 6.45) is 0. The predicted molar refractivity (Wildman–Crippen MR) is 77.8 cm³/mol. The summed E-state index contributed by atoms with van der Waals surface area (Å²) in [4.78, 5) is 11.0. The van der Waals surface area contributed by atoms with Crippen LogP contribution in [0.3, 0.4) is 0 Å². The van der Waals surface area contributed by atoms with E-state index in [1.54, 1.807) is 19.9 Å². The second-order valence-electron chi connectivity index (χ2n) is 4.82. The fourth-order valence-corrected chi connectivity index (χ4v) is 2.02. The molecule has 0 unspecified atom stereocenters. The normalized spacial score (nSPS) is 12.7. The number of aliphatic hydroxyl groups excluding tert-OH is 1. The van der Waals surface area contributed by atoms with E-state index >= 15 is 0 Å². The number of aromatic hydroxyl groups is 1. The zero-order valence-electron chi connectivity index (χ0n) is 10.6. The standard InChI is InChI=1S/C12H16BrNO4.ClH/c1-12(2,5-15)10(14)7-3-6(13)4-8(9(7)16)11(17)18;/h3-4,10,15-16H,5,14H2,1-2H3,(H,17,18);1H/t10-;/m0./s1. The molecule has 1 atom stereocenters. The van der Waals surface area contributed by atoms with Gasteiger partial charge in [-0.15, -0.1) is 12.4 Å². The molecule has 0 radical (unpaired) electrons. The van der Waals surface area contributed by atoms with Gasteiger partial charge in [0.25, 0.3) is 0 Å². The average molecular weight is 355 g/mol. The van der Waals surface area contributed by atoms with Gasteiger partial charge in [-0.2, -0.15) is 0 Å². The second-order valence-corrected chi connectivity index (χ2v) is 5.74. The van der Waals surface area contributed by atoms with E-state index in [1.807, 2.05) is 0 Å². The van der Waals surface area contributed by atoms with Crippen molar-refractivity contribution in [3.8, 4) is 5.75 Å². The van der Waals surface area contributed by atoms with Gasteiger partial charge in [-0.25, -0.2) is 4.79 Å². The van der Waals surface area contributed by atoms with Gasteiger partial charge in [-0.3, -0.25) is 0 Å². The van der Waals surface area contributed by atoms with E-state index in [0.29, 0.717) is 10.0 Å². The fourth-order valence-electron chi connectivity index (χ4n) is 1.54. The summed E-state index contributed by atoms with van der Waals surface area (Å²) >= 11 is 3.18. The van der Waals surface area contributed by atoms with Crippen molar-refractivity contribution < 1.29 is 20.1 Å². The Labute approximate surface area is 126 Å². The van der Waals surface area contributed by atoms with E-state index in [4.69, 9.17) is 10.8 Å². The van der Waals surface area contributed by atoms with Crippen LogP contribution in [0.1, 0.15) is 35.8 Å². The molecule has 0 heterocycles. The Morgan fingerprint density at radius 1 is 1.47 bits per heavy atom. The molecule has 0 amide bonds. The maximum atomic E-state index is 11.0. The lowest BCUT2D eigenvalue weighted by Crippen LogP contribution is -2.32. The number of rotatable bonds is 4. The lowest BCUT2D eigenvalue weighted by Gasteiger charge is -2.30. The lowest BCUT2D eigenvalue weighted by atomic mass is 9.81. The Morgan fingerprint density at radius 3 is 2.42 bits per heavy atom. The topological polar surface area (TPSA) is 104 Å². The van der Waals surface area contributed by atoms with Crippen LogP contribution >= 0.6 is 28.3 Å². The molecular weight excluding hydrogens is 337 g/mol. The minimum Gasteiger partial charge on any atom is -0.507 e. The number of carbonyl (C=O) groups is 1. The van der Waals surface area contributed by atoms with Crippen molar-refractivity contribution in [3.05, 3.63) is 27.7 Å². The Hall–Kier alpha value is -0.820. The van der Waals surface area contributed by atoms with Gasteiger partial charge in [0.15, 0.2) is 0 Å². The molecule has 0 spiro atoms. The van der Waals surface area contributed by atoms with Crippen LogP contribution in [-0.4, -0.2) is 27.9 Å². The molecule has 0 bridgehead atoms. The highest BCUT2D eigenvalue weighted by Crippen LogP contribution is 2.38. The first-order valence-electron chi connectivity index (χ1n) is 5.33. The van der Waals surface area contributed by atoms with E-state index < -0.39 is 17.4 Å². The molecule has 5 N–H and O–H groups in total. The molecule has 0 aliphatic rings. The molecule has 0 aromatic heterocycles. The number of hydrogen-bond acceptors (Lipinski definition) is 4. The van der Waals surface area contributed by atoms with Gasteiger partial charge >= 0.3 is 5.97 Å². The maximum absolute atomic E-state index is 11.0. The van der Waals surface area contributed by atoms with Crippen LogP contribution in [0.4, 0.5) is 0 Å². The molecule has 0 aliphatic heterocycles. The van der Waals surface area contributed by atoms with Gasteiger partial charge in [0, 0.05) is 28.1 Å². The van der Waals surface area contributed by atoms with Crippen LogP contribution in [0, 0.1) is 5.41 Å². The molecule has 1 rings (SSSR count). The molecule has 0 saturated heterocycles. The Bertz CT molecular complexity index is 479. The van der Waals surface area contributed by atoms with Gasteiger partial charge in [0.05, 0.1) is 0 Å². The molecule has 1 aromatic carbocycles. The van der Waals surface area contributed by atoms with E-state index in [-0.39, 0.29) is 30.3 Å². The number of carboxylic acid groups (broad SMARTS) is 1. The minimum atomic E-state index is -1.23. The highest BCUT2D eigenvalue weighted by atomic mass is 79.9. The van der Waals surface area contributed by atoms with Gasteiger partial charge in [0.1, 0.15) is 11.3 Å². The summed E-state index contributed by atoms with van der Waals surface area (Å²) in [5.74, 6) is -1.59. The van der Waals surface area contributed by atoms with Crippen molar-refractivity contribution in [1.82, 2.24) is 0 Å². The third-order valence-electron chi connectivity index (χ3n) is 2.92. The fraction of sp³-hybridized carbons (Fsp3) is 0.417. The van der Waals surface area contributed by atoms with Gasteiger partial charge in [-0.1, -0.05) is 29.8 Å². The number of phenols is 1. The SMILES string of the molecule is CC(C)(CO)[C@@H](N)c1cc(Br)cc(C(=O)O)c1O.Cl. The van der Waals surface area contributed by atoms with E-state index in [2.05, 4.69) is 15.9 Å². The average Bonchev–Trinajstić information content (AvgIpc) is 2.30. The predicted octanol–water partition coefficient (Wildman–Crippen LogP) is 2.29. The number of aromatic carboxylic acids is 1. The molecule has 0 aliphatic carbocycles. The smallest absolute Gasteiger partial charge is 0.339 e. The van der Waals surface area contributed by atoms with Crippen LogP contribution in [-0.2, 0) is 0 Å². The van der Waals surface area contributed by atoms with Crippen LogP contribution in [0.2, 0.25) is 0 Å². The first-order valence-corrected chi connectivity index (χ1v) is 6.12. The zero-order valence-corrected chi connectivity index (χ0v) is 13.0. The summed E-state index contributed by atoms with van der Waals surface area (Å²) in [5, 5.41) is 28.2. The number of benzene rings is 1. The summed E-state index contributed by atoms with van der Waals surface area (Å²) in [5.41, 5.74) is 5.39. The number of hydrogen-bond donors (Lipinski definition) is 4. The van der Waals surface area contributed by atoms with Crippen molar-refractivity contribution in [3.63, 3.8) is 0 Å². The zero-order chi connectivity index (χ0) is 14.1. The second kappa shape index (κ2) is 6.56. The van der Waals surface area contributed by atoms with Crippen molar-refractivity contribution in [2.75, 3.05) is 6.61 Å². The molecule has 5 nitrogen and oxygen atoms in total. The quantitative estimate of drug-likeness (QED) is 0.664. The number of halogens is 2. The van der Waals surface area contributed by atoms with Crippen LogP contribution in [0.15, 0.2) is 16.6 Å². The summed E-state index contributed by atoms with van der Waals surface area (Å²) in [6.45, 7) is 3.29. The van der Waals surface area contributed by atoms with Crippen molar-refractivity contribution >= 4 is 34.3 Å². The first kappa shape index (κ1) is 18.2. The Balaban J connectivity index is 0.00000324. The molecule has 19 heavy (non-hydrogen) atoms. The van der Waals surface area contributed by atoms with E-state index in [9.17, 15) is 15.0 Å². The number of carboxylic acids is 1. The third kappa shape index (κ3) is 3.82. The summed E-state index contributed by atoms with van der Waals surface area (Å²) in [6, 6.07) is 2.18. The maximum Gasteiger partial charge on any atom is 0.339 e. The highest BCUT2D eigenvalue weighted by Gasteiger charge is 2.30. The molecule has 1 aromatic rings. The molecule has 7 heteroatoms. The summed E-state index contributed by atoms with van der Waals surface area (Å²) < 4.78 is 0.511. The Morgan fingerprint density at radius 2 is 2.00 bits per heavy atom.